The highest BCUT2D eigenvalue weighted by Crippen LogP contribution is 2.21. The maximum absolute atomic E-state index is 12.2. The van der Waals surface area contributed by atoms with Crippen molar-refractivity contribution in [1.82, 2.24) is 9.78 Å². The molecular formula is C20H18ClN3O. The van der Waals surface area contributed by atoms with Crippen LogP contribution in [0.15, 0.2) is 60.7 Å². The van der Waals surface area contributed by atoms with Gasteiger partial charge >= 0.3 is 0 Å². The molecule has 3 aromatic rings. The summed E-state index contributed by atoms with van der Waals surface area (Å²) in [7, 11) is 0. The molecule has 3 rings (SSSR count). The second kappa shape index (κ2) is 7.36. The minimum atomic E-state index is -0.237. The van der Waals surface area contributed by atoms with Crippen LogP contribution >= 0.6 is 11.6 Å². The Balaban J connectivity index is 1.81. The van der Waals surface area contributed by atoms with Crippen LogP contribution in [0.2, 0.25) is 5.02 Å². The topological polar surface area (TPSA) is 46.9 Å². The van der Waals surface area contributed by atoms with Crippen LogP contribution in [0.4, 0.5) is 5.69 Å². The lowest BCUT2D eigenvalue weighted by Crippen LogP contribution is -2.08. The smallest absolute Gasteiger partial charge is 0.248 e. The van der Waals surface area contributed by atoms with Gasteiger partial charge in [-0.1, -0.05) is 41.9 Å². The van der Waals surface area contributed by atoms with Crippen LogP contribution in [0.3, 0.4) is 0 Å². The Morgan fingerprint density at radius 3 is 2.48 bits per heavy atom. The third kappa shape index (κ3) is 3.80. The van der Waals surface area contributed by atoms with Crippen LogP contribution in [0.25, 0.3) is 11.8 Å². The van der Waals surface area contributed by atoms with Gasteiger partial charge in [-0.05, 0) is 44.2 Å². The lowest BCUT2D eigenvalue weighted by atomic mass is 10.2. The average molecular weight is 352 g/mol. The van der Waals surface area contributed by atoms with Gasteiger partial charge in [0, 0.05) is 17.3 Å². The molecule has 0 fully saturated rings. The SMILES string of the molecule is Cc1nn(-c2ccccc2)c(C)c1/C=C/C(=O)Nc1ccccc1Cl. The summed E-state index contributed by atoms with van der Waals surface area (Å²) < 4.78 is 1.88. The fraction of sp³-hybridized carbons (Fsp3) is 0.100. The van der Waals surface area contributed by atoms with Crippen molar-refractivity contribution in [1.29, 1.82) is 0 Å². The predicted octanol–water partition coefficient (Wildman–Crippen LogP) is 4.79. The minimum Gasteiger partial charge on any atom is -0.321 e. The molecule has 5 heteroatoms. The van der Waals surface area contributed by atoms with Gasteiger partial charge in [0.2, 0.25) is 5.91 Å². The highest BCUT2D eigenvalue weighted by atomic mass is 35.5. The quantitative estimate of drug-likeness (QED) is 0.686. The normalized spacial score (nSPS) is 11.0. The van der Waals surface area contributed by atoms with E-state index in [9.17, 15) is 4.79 Å². The van der Waals surface area contributed by atoms with Crippen LogP contribution in [0.1, 0.15) is 17.0 Å². The molecule has 0 saturated heterocycles. The Morgan fingerprint density at radius 1 is 1.08 bits per heavy atom. The number of halogens is 1. The average Bonchev–Trinajstić information content (AvgIpc) is 2.90. The first-order chi connectivity index (χ1) is 12.1. The zero-order valence-electron chi connectivity index (χ0n) is 14.0. The molecular weight excluding hydrogens is 334 g/mol. The van der Waals surface area contributed by atoms with E-state index in [1.165, 1.54) is 6.08 Å². The first-order valence-corrected chi connectivity index (χ1v) is 8.29. The lowest BCUT2D eigenvalue weighted by molar-refractivity contribution is -0.111. The molecule has 1 N–H and O–H groups in total. The van der Waals surface area contributed by atoms with E-state index in [0.717, 1.165) is 22.6 Å². The van der Waals surface area contributed by atoms with Gasteiger partial charge < -0.3 is 5.32 Å². The van der Waals surface area contributed by atoms with Crippen LogP contribution < -0.4 is 5.32 Å². The van der Waals surface area contributed by atoms with Crippen LogP contribution in [-0.2, 0) is 4.79 Å². The van der Waals surface area contributed by atoms with E-state index in [-0.39, 0.29) is 5.91 Å². The number of rotatable bonds is 4. The Labute approximate surface area is 151 Å². The van der Waals surface area contributed by atoms with Gasteiger partial charge in [-0.15, -0.1) is 0 Å². The van der Waals surface area contributed by atoms with E-state index in [0.29, 0.717) is 10.7 Å². The third-order valence-electron chi connectivity index (χ3n) is 3.88. The molecule has 0 saturated carbocycles. The van der Waals surface area contributed by atoms with Crippen molar-refractivity contribution in [3.63, 3.8) is 0 Å². The zero-order valence-corrected chi connectivity index (χ0v) is 14.8. The Hall–Kier alpha value is -2.85. The highest BCUT2D eigenvalue weighted by Gasteiger charge is 2.11. The van der Waals surface area contributed by atoms with Crippen molar-refractivity contribution < 1.29 is 4.79 Å². The number of hydrogen-bond donors (Lipinski definition) is 1. The van der Waals surface area contributed by atoms with Crippen LogP contribution in [0, 0.1) is 13.8 Å². The summed E-state index contributed by atoms with van der Waals surface area (Å²) in [5.74, 6) is -0.237. The molecule has 1 aromatic heterocycles. The number of nitrogens with one attached hydrogen (secondary N) is 1. The molecule has 0 aliphatic heterocycles. The molecule has 0 radical (unpaired) electrons. The molecule has 0 spiro atoms. The van der Waals surface area contributed by atoms with Crippen molar-refractivity contribution in [2.75, 3.05) is 5.32 Å². The van der Waals surface area contributed by atoms with E-state index in [4.69, 9.17) is 11.6 Å². The van der Waals surface area contributed by atoms with E-state index >= 15 is 0 Å². The second-order valence-electron chi connectivity index (χ2n) is 5.63. The number of aromatic nitrogens is 2. The number of amides is 1. The van der Waals surface area contributed by atoms with Crippen LogP contribution in [0.5, 0.6) is 0 Å². The minimum absolute atomic E-state index is 0.237. The van der Waals surface area contributed by atoms with Gasteiger partial charge in [0.15, 0.2) is 0 Å². The summed E-state index contributed by atoms with van der Waals surface area (Å²) in [6.45, 7) is 3.91. The number of carbonyl (C=O) groups excluding carboxylic acids is 1. The van der Waals surface area contributed by atoms with Crippen molar-refractivity contribution in [3.05, 3.63) is 82.6 Å². The first-order valence-electron chi connectivity index (χ1n) is 7.91. The molecule has 0 bridgehead atoms. The summed E-state index contributed by atoms with van der Waals surface area (Å²) in [6.07, 6.45) is 3.28. The molecule has 0 unspecified atom stereocenters. The van der Waals surface area contributed by atoms with Crippen molar-refractivity contribution in [2.24, 2.45) is 0 Å². The Kier molecular flexibility index (Phi) is 5.00. The molecule has 0 aliphatic carbocycles. The molecule has 0 aliphatic rings. The number of carbonyl (C=O) groups is 1. The van der Waals surface area contributed by atoms with Gasteiger partial charge in [-0.25, -0.2) is 4.68 Å². The molecule has 1 amide bonds. The van der Waals surface area contributed by atoms with E-state index in [1.54, 1.807) is 18.2 Å². The van der Waals surface area contributed by atoms with E-state index < -0.39 is 0 Å². The second-order valence-corrected chi connectivity index (χ2v) is 6.04. The predicted molar refractivity (Wildman–Crippen MR) is 102 cm³/mol. The molecule has 126 valence electrons. The summed E-state index contributed by atoms with van der Waals surface area (Å²) >= 11 is 6.05. The van der Waals surface area contributed by atoms with Gasteiger partial charge in [0.25, 0.3) is 0 Å². The molecule has 25 heavy (non-hydrogen) atoms. The fourth-order valence-corrected chi connectivity index (χ4v) is 2.80. The lowest BCUT2D eigenvalue weighted by Gasteiger charge is -2.04. The number of nitrogens with zero attached hydrogens (tertiary/aromatic N) is 2. The number of aryl methyl sites for hydroxylation is 1. The van der Waals surface area contributed by atoms with Crippen LogP contribution in [-0.4, -0.2) is 15.7 Å². The molecule has 4 nitrogen and oxygen atoms in total. The molecule has 0 atom stereocenters. The highest BCUT2D eigenvalue weighted by molar-refractivity contribution is 6.33. The number of hydrogen-bond acceptors (Lipinski definition) is 2. The summed E-state index contributed by atoms with van der Waals surface area (Å²) in [4.78, 5) is 12.2. The van der Waals surface area contributed by atoms with Gasteiger partial charge in [0.05, 0.1) is 22.1 Å². The standard InChI is InChI=1S/C20H18ClN3O/c1-14-17(15(2)24(23-14)16-8-4-3-5-9-16)12-13-20(25)22-19-11-7-6-10-18(19)21/h3-13H,1-2H3,(H,22,25)/b13-12+. The maximum Gasteiger partial charge on any atom is 0.248 e. The van der Waals surface area contributed by atoms with Gasteiger partial charge in [-0.3, -0.25) is 4.79 Å². The number of para-hydroxylation sites is 2. The summed E-state index contributed by atoms with van der Waals surface area (Å²) in [5.41, 5.74) is 4.35. The Bertz CT molecular complexity index is 929. The molecule has 2 aromatic carbocycles. The van der Waals surface area contributed by atoms with E-state index in [1.807, 2.05) is 61.0 Å². The summed E-state index contributed by atoms with van der Waals surface area (Å²) in [5, 5.41) is 7.85. The first kappa shape index (κ1) is 17.0. The third-order valence-corrected chi connectivity index (χ3v) is 4.21. The zero-order chi connectivity index (χ0) is 17.8. The number of anilines is 1. The van der Waals surface area contributed by atoms with Crippen molar-refractivity contribution in [3.8, 4) is 5.69 Å². The molecule has 1 heterocycles. The van der Waals surface area contributed by atoms with Crippen molar-refractivity contribution >= 4 is 29.3 Å². The maximum atomic E-state index is 12.2. The number of benzene rings is 2. The Morgan fingerprint density at radius 2 is 1.76 bits per heavy atom. The summed E-state index contributed by atoms with van der Waals surface area (Å²) in [6, 6.07) is 17.0. The van der Waals surface area contributed by atoms with E-state index in [2.05, 4.69) is 10.4 Å². The van der Waals surface area contributed by atoms with Crippen molar-refractivity contribution in [2.45, 2.75) is 13.8 Å². The monoisotopic (exact) mass is 351 g/mol. The van der Waals surface area contributed by atoms with Gasteiger partial charge in [-0.2, -0.15) is 5.10 Å². The fourth-order valence-electron chi connectivity index (χ4n) is 2.61. The van der Waals surface area contributed by atoms with Gasteiger partial charge in [0.1, 0.15) is 0 Å². The largest absolute Gasteiger partial charge is 0.321 e.